The van der Waals surface area contributed by atoms with Crippen molar-refractivity contribution in [3.05, 3.63) is 40.0 Å². The van der Waals surface area contributed by atoms with Gasteiger partial charge in [-0.15, -0.1) is 28.9 Å². The maximum atomic E-state index is 6.84. The topological polar surface area (TPSA) is 17.2 Å². The van der Waals surface area contributed by atoms with Gasteiger partial charge >= 0.3 is 0 Å². The molecule has 1 aromatic heterocycles. The Hall–Kier alpha value is -1.02. The number of hydrogen-bond donors (Lipinski definition) is 1. The van der Waals surface area contributed by atoms with Gasteiger partial charge in [0.1, 0.15) is 0 Å². The van der Waals surface area contributed by atoms with Crippen LogP contribution in [0.1, 0.15) is 0 Å². The van der Waals surface area contributed by atoms with Crippen LogP contribution in [0.5, 0.6) is 0 Å². The molecular formula is C10H5ClN2S2. The van der Waals surface area contributed by atoms with Crippen LogP contribution in [-0.2, 0) is 0 Å². The summed E-state index contributed by atoms with van der Waals surface area (Å²) < 4.78 is 0. The number of thiol groups is 1. The van der Waals surface area contributed by atoms with Crippen LogP contribution in [0.4, 0.5) is 5.82 Å². The zero-order valence-electron chi connectivity index (χ0n) is 7.44. The van der Waals surface area contributed by atoms with E-state index in [9.17, 15) is 0 Å². The second-order valence-corrected chi connectivity index (χ2v) is 4.48. The van der Waals surface area contributed by atoms with E-state index >= 15 is 0 Å². The average molecular weight is 253 g/mol. The van der Waals surface area contributed by atoms with Gasteiger partial charge in [-0.25, -0.2) is 0 Å². The van der Waals surface area contributed by atoms with Crippen molar-refractivity contribution < 1.29 is 0 Å². The minimum atomic E-state index is 0.399. The van der Waals surface area contributed by atoms with Crippen LogP contribution < -0.4 is 0 Å². The third kappa shape index (κ3) is 2.00. The molecular weight excluding hydrogens is 248 g/mol. The van der Waals surface area contributed by atoms with E-state index in [0.717, 1.165) is 10.6 Å². The normalized spacial score (nSPS) is 9.93. The monoisotopic (exact) mass is 252 g/mol. The van der Waals surface area contributed by atoms with Gasteiger partial charge in [0.15, 0.2) is 0 Å². The molecule has 0 saturated heterocycles. The first-order valence-corrected chi connectivity index (χ1v) is 5.73. The number of hydrogen-bond acceptors (Lipinski definition) is 3. The second-order valence-electron chi connectivity index (χ2n) is 2.76. The lowest BCUT2D eigenvalue weighted by molar-refractivity contribution is 1.40. The summed E-state index contributed by atoms with van der Waals surface area (Å²) in [6.07, 6.45) is 0. The fourth-order valence-electron chi connectivity index (χ4n) is 1.13. The molecule has 74 valence electrons. The fourth-order valence-corrected chi connectivity index (χ4v) is 2.37. The molecule has 2 nitrogen and oxygen atoms in total. The Morgan fingerprint density at radius 2 is 2.27 bits per heavy atom. The maximum absolute atomic E-state index is 6.84. The lowest BCUT2D eigenvalue weighted by atomic mass is 10.2. The van der Waals surface area contributed by atoms with Gasteiger partial charge in [-0.1, -0.05) is 24.2 Å². The Morgan fingerprint density at radius 3 is 2.93 bits per heavy atom. The Balaban J connectivity index is 2.55. The van der Waals surface area contributed by atoms with Gasteiger partial charge in [0.05, 0.1) is 10.6 Å². The van der Waals surface area contributed by atoms with Crippen molar-refractivity contribution in [3.63, 3.8) is 0 Å². The highest BCUT2D eigenvalue weighted by molar-refractivity contribution is 7.80. The smallest absolute Gasteiger partial charge is 0.281 e. The van der Waals surface area contributed by atoms with E-state index in [1.54, 1.807) is 5.38 Å². The van der Waals surface area contributed by atoms with Crippen LogP contribution in [0.25, 0.3) is 15.4 Å². The molecule has 2 aromatic rings. The van der Waals surface area contributed by atoms with Gasteiger partial charge < -0.3 is 4.85 Å². The lowest BCUT2D eigenvalue weighted by Gasteiger charge is -1.99. The Labute approximate surface area is 102 Å². The molecule has 2 rings (SSSR count). The van der Waals surface area contributed by atoms with E-state index in [-0.39, 0.29) is 0 Å². The summed E-state index contributed by atoms with van der Waals surface area (Å²) in [5, 5.41) is 3.04. The van der Waals surface area contributed by atoms with E-state index in [2.05, 4.69) is 22.5 Å². The van der Waals surface area contributed by atoms with Crippen molar-refractivity contribution >= 4 is 41.4 Å². The van der Waals surface area contributed by atoms with Crippen LogP contribution in [-0.4, -0.2) is 4.98 Å². The summed E-state index contributed by atoms with van der Waals surface area (Å²) in [4.78, 5) is 8.12. The standard InChI is InChI=1S/C10H5ClN2S2/c1-12-8-5-15-10(13-8)6-3-2-4-7(14)9(6)11/h2-5,14H. The fraction of sp³-hybridized carbons (Fsp3) is 0. The number of thiazole rings is 1. The van der Waals surface area contributed by atoms with Crippen LogP contribution in [0.2, 0.25) is 5.02 Å². The van der Waals surface area contributed by atoms with Crippen molar-refractivity contribution in [3.8, 4) is 10.6 Å². The summed E-state index contributed by atoms with van der Waals surface area (Å²) in [5.41, 5.74) is 0.823. The molecule has 5 heteroatoms. The largest absolute Gasteiger partial charge is 0.360 e. The van der Waals surface area contributed by atoms with Gasteiger partial charge in [0.2, 0.25) is 5.01 Å². The molecule has 15 heavy (non-hydrogen) atoms. The van der Waals surface area contributed by atoms with Crippen molar-refractivity contribution in [1.29, 1.82) is 0 Å². The van der Waals surface area contributed by atoms with E-state index in [1.165, 1.54) is 11.3 Å². The Morgan fingerprint density at radius 1 is 1.47 bits per heavy atom. The van der Waals surface area contributed by atoms with Crippen molar-refractivity contribution in [2.75, 3.05) is 0 Å². The van der Waals surface area contributed by atoms with Crippen LogP contribution >= 0.6 is 35.6 Å². The third-order valence-corrected chi connectivity index (χ3v) is 3.59. The van der Waals surface area contributed by atoms with Crippen LogP contribution in [0, 0.1) is 6.57 Å². The molecule has 0 fully saturated rings. The van der Waals surface area contributed by atoms with Crippen molar-refractivity contribution in [1.82, 2.24) is 4.98 Å². The first-order valence-electron chi connectivity index (χ1n) is 4.03. The minimum absolute atomic E-state index is 0.399. The number of nitrogens with zero attached hydrogens (tertiary/aromatic N) is 2. The molecule has 0 amide bonds. The predicted octanol–water partition coefficient (Wildman–Crippen LogP) is 4.30. The summed E-state index contributed by atoms with van der Waals surface area (Å²) in [7, 11) is 0. The number of aromatic nitrogens is 1. The van der Waals surface area contributed by atoms with E-state index in [1.807, 2.05) is 18.2 Å². The molecule has 0 radical (unpaired) electrons. The van der Waals surface area contributed by atoms with Gasteiger partial charge in [-0.05, 0) is 12.1 Å². The maximum Gasteiger partial charge on any atom is 0.281 e. The van der Waals surface area contributed by atoms with Crippen molar-refractivity contribution in [2.24, 2.45) is 0 Å². The number of halogens is 1. The van der Waals surface area contributed by atoms with Gasteiger partial charge in [0.25, 0.3) is 5.82 Å². The molecule has 0 aliphatic rings. The number of benzene rings is 1. The predicted molar refractivity (Wildman–Crippen MR) is 66.1 cm³/mol. The molecule has 0 aliphatic heterocycles. The van der Waals surface area contributed by atoms with Crippen molar-refractivity contribution in [2.45, 2.75) is 4.90 Å². The average Bonchev–Trinajstić information content (AvgIpc) is 2.70. The third-order valence-electron chi connectivity index (χ3n) is 1.82. The summed E-state index contributed by atoms with van der Waals surface area (Å²) in [6, 6.07) is 5.55. The van der Waals surface area contributed by atoms with Crippen LogP contribution in [0.15, 0.2) is 28.5 Å². The van der Waals surface area contributed by atoms with E-state index in [4.69, 9.17) is 18.2 Å². The molecule has 1 heterocycles. The number of rotatable bonds is 1. The van der Waals surface area contributed by atoms with Crippen LogP contribution in [0.3, 0.4) is 0 Å². The zero-order valence-corrected chi connectivity index (χ0v) is 9.90. The molecule has 0 saturated carbocycles. The summed E-state index contributed by atoms with van der Waals surface area (Å²) in [6.45, 7) is 6.84. The first kappa shape index (κ1) is 10.5. The molecule has 0 N–H and O–H groups in total. The zero-order chi connectivity index (χ0) is 10.8. The van der Waals surface area contributed by atoms with E-state index < -0.39 is 0 Å². The van der Waals surface area contributed by atoms with Gasteiger partial charge in [0, 0.05) is 10.3 Å². The summed E-state index contributed by atoms with van der Waals surface area (Å²) >= 11 is 11.7. The Kier molecular flexibility index (Phi) is 2.96. The Bertz CT molecular complexity index is 543. The molecule has 0 unspecified atom stereocenters. The van der Waals surface area contributed by atoms with Gasteiger partial charge in [-0.3, -0.25) is 0 Å². The highest BCUT2D eigenvalue weighted by Crippen LogP contribution is 2.35. The summed E-state index contributed by atoms with van der Waals surface area (Å²) in [5.74, 6) is 0.399. The quantitative estimate of drug-likeness (QED) is 0.592. The molecule has 0 spiro atoms. The minimum Gasteiger partial charge on any atom is -0.360 e. The van der Waals surface area contributed by atoms with Gasteiger partial charge in [-0.2, -0.15) is 0 Å². The first-order chi connectivity index (χ1) is 7.22. The SMILES string of the molecule is [C-]#[N+]c1csc(-c2cccc(S)c2Cl)n1. The highest BCUT2D eigenvalue weighted by atomic mass is 35.5. The van der Waals surface area contributed by atoms with E-state index in [0.29, 0.717) is 15.7 Å². The second kappa shape index (κ2) is 4.23. The lowest BCUT2D eigenvalue weighted by Crippen LogP contribution is -1.79. The molecule has 1 aromatic carbocycles. The highest BCUT2D eigenvalue weighted by Gasteiger charge is 2.12. The molecule has 0 bridgehead atoms. The molecule has 0 aliphatic carbocycles. The molecule has 0 atom stereocenters.